The van der Waals surface area contributed by atoms with Gasteiger partial charge in [0.05, 0.1) is 10.3 Å². The third-order valence-electron chi connectivity index (χ3n) is 6.29. The zero-order chi connectivity index (χ0) is 31.6. The zero-order valence-corrected chi connectivity index (χ0v) is 25.0. The van der Waals surface area contributed by atoms with Crippen LogP contribution in [0.4, 0.5) is 15.8 Å². The molecule has 44 heavy (non-hydrogen) atoms. The molecular formula is C33H28ClFN4O4S. The third-order valence-corrected chi connectivity index (χ3v) is 7.98. The molecule has 1 atom stereocenters. The molecule has 0 aliphatic heterocycles. The van der Waals surface area contributed by atoms with Crippen molar-refractivity contribution in [2.75, 3.05) is 10.6 Å². The van der Waals surface area contributed by atoms with Gasteiger partial charge in [-0.3, -0.25) is 19.2 Å². The van der Waals surface area contributed by atoms with E-state index in [1.54, 1.807) is 66.7 Å². The number of hydrogen-bond donors (Lipinski definition) is 4. The molecule has 0 aliphatic rings. The highest BCUT2D eigenvalue weighted by atomic mass is 35.5. The molecule has 4 aromatic carbocycles. The van der Waals surface area contributed by atoms with Crippen molar-refractivity contribution in [1.82, 2.24) is 5.32 Å². The second kappa shape index (κ2) is 15.0. The van der Waals surface area contributed by atoms with Gasteiger partial charge in [-0.1, -0.05) is 48.9 Å². The van der Waals surface area contributed by atoms with Gasteiger partial charge in [-0.2, -0.15) is 0 Å². The largest absolute Gasteiger partial charge is 0.366 e. The molecule has 8 nitrogen and oxygen atoms in total. The first-order chi connectivity index (χ1) is 21.1. The number of nitrogens with one attached hydrogen (secondary N) is 3. The molecule has 0 aliphatic carbocycles. The lowest BCUT2D eigenvalue weighted by molar-refractivity contribution is -0.116. The molecule has 0 saturated heterocycles. The van der Waals surface area contributed by atoms with Gasteiger partial charge >= 0.3 is 0 Å². The Bertz CT molecular complexity index is 1690. The number of rotatable bonds is 11. The van der Waals surface area contributed by atoms with E-state index < -0.39 is 28.8 Å². The van der Waals surface area contributed by atoms with Crippen molar-refractivity contribution in [3.05, 3.63) is 130 Å². The fourth-order valence-electron chi connectivity index (χ4n) is 4.01. The highest BCUT2D eigenvalue weighted by Crippen LogP contribution is 2.29. The Labute approximate surface area is 262 Å². The molecule has 0 heterocycles. The molecule has 0 aromatic heterocycles. The maximum atomic E-state index is 14.6. The summed E-state index contributed by atoms with van der Waals surface area (Å²) in [5.74, 6) is -2.74. The summed E-state index contributed by atoms with van der Waals surface area (Å²) in [6, 6.07) is 25.5. The van der Waals surface area contributed by atoms with Crippen molar-refractivity contribution in [2.24, 2.45) is 5.73 Å². The van der Waals surface area contributed by atoms with Crippen LogP contribution < -0.4 is 21.7 Å². The van der Waals surface area contributed by atoms with Crippen LogP contribution in [0.25, 0.3) is 6.08 Å². The Balaban J connectivity index is 1.51. The SMILES string of the molecule is CCC(Sc1cccc(NC(=O)/C(=C\c2c(F)cccc2Cl)NC(=O)c2ccccc2)c1)C(=O)Nc1ccc(C(N)=O)cc1. The van der Waals surface area contributed by atoms with Crippen LogP contribution in [0.1, 0.15) is 39.6 Å². The third kappa shape index (κ3) is 8.56. The molecule has 0 spiro atoms. The fourth-order valence-corrected chi connectivity index (χ4v) is 5.24. The minimum Gasteiger partial charge on any atom is -0.366 e. The van der Waals surface area contributed by atoms with Crippen molar-refractivity contribution in [3.8, 4) is 0 Å². The van der Waals surface area contributed by atoms with Crippen molar-refractivity contribution >= 4 is 64.4 Å². The molecule has 4 rings (SSSR count). The summed E-state index contributed by atoms with van der Waals surface area (Å²) in [6.07, 6.45) is 1.69. The van der Waals surface area contributed by atoms with Gasteiger partial charge in [0.1, 0.15) is 11.5 Å². The molecule has 0 saturated carbocycles. The Morgan fingerprint density at radius 2 is 1.57 bits per heavy atom. The monoisotopic (exact) mass is 630 g/mol. The standard InChI is InChI=1S/C33H28ClFN4O4S/c1-2-29(33(43)37-22-16-14-20(15-17-22)30(36)40)44-24-11-6-10-23(18-24)38-32(42)28(19-25-26(34)12-7-13-27(25)35)39-31(41)21-8-4-3-5-9-21/h3-19,29H,2H2,1H3,(H2,36,40)(H,37,43)(H,38,42)(H,39,41)/b28-19+. The molecular weight excluding hydrogens is 603 g/mol. The Morgan fingerprint density at radius 1 is 0.864 bits per heavy atom. The molecule has 11 heteroatoms. The maximum absolute atomic E-state index is 14.6. The summed E-state index contributed by atoms with van der Waals surface area (Å²) in [4.78, 5) is 51.3. The summed E-state index contributed by atoms with van der Waals surface area (Å²) in [7, 11) is 0. The molecule has 1 unspecified atom stereocenters. The molecule has 5 N–H and O–H groups in total. The lowest BCUT2D eigenvalue weighted by Gasteiger charge is -2.16. The van der Waals surface area contributed by atoms with Crippen LogP contribution in [0.3, 0.4) is 0 Å². The van der Waals surface area contributed by atoms with E-state index in [0.29, 0.717) is 33.8 Å². The lowest BCUT2D eigenvalue weighted by atomic mass is 10.1. The molecule has 224 valence electrons. The number of primary amides is 1. The number of hydrogen-bond acceptors (Lipinski definition) is 5. The molecule has 4 aromatic rings. The first kappa shape index (κ1) is 32.0. The molecule has 0 radical (unpaired) electrons. The van der Waals surface area contributed by atoms with E-state index in [1.165, 1.54) is 48.2 Å². The summed E-state index contributed by atoms with van der Waals surface area (Å²) < 4.78 is 14.6. The van der Waals surface area contributed by atoms with E-state index in [0.717, 1.165) is 0 Å². The van der Waals surface area contributed by atoms with Crippen molar-refractivity contribution in [1.29, 1.82) is 0 Å². The minimum absolute atomic E-state index is 0.0574. The smallest absolute Gasteiger partial charge is 0.272 e. The minimum atomic E-state index is -0.708. The average Bonchev–Trinajstić information content (AvgIpc) is 3.01. The number of anilines is 2. The van der Waals surface area contributed by atoms with E-state index >= 15 is 0 Å². The Hall–Kier alpha value is -4.93. The second-order valence-corrected chi connectivity index (χ2v) is 11.1. The van der Waals surface area contributed by atoms with Gasteiger partial charge in [0.15, 0.2) is 0 Å². The van der Waals surface area contributed by atoms with Gasteiger partial charge in [-0.25, -0.2) is 4.39 Å². The summed E-state index contributed by atoms with van der Waals surface area (Å²) >= 11 is 7.49. The van der Waals surface area contributed by atoms with Crippen molar-refractivity contribution in [2.45, 2.75) is 23.5 Å². The van der Waals surface area contributed by atoms with Crippen LogP contribution in [-0.2, 0) is 9.59 Å². The molecule has 4 amide bonds. The molecule has 0 bridgehead atoms. The molecule has 0 fully saturated rings. The number of nitrogens with two attached hydrogens (primary N) is 1. The Kier molecular flexibility index (Phi) is 10.9. The second-order valence-electron chi connectivity index (χ2n) is 9.44. The summed E-state index contributed by atoms with van der Waals surface area (Å²) in [5.41, 5.74) is 6.53. The van der Waals surface area contributed by atoms with Gasteiger partial charge in [-0.05, 0) is 79.2 Å². The maximum Gasteiger partial charge on any atom is 0.272 e. The van der Waals surface area contributed by atoms with E-state index in [9.17, 15) is 23.6 Å². The van der Waals surface area contributed by atoms with Crippen LogP contribution >= 0.6 is 23.4 Å². The van der Waals surface area contributed by atoms with Crippen molar-refractivity contribution in [3.63, 3.8) is 0 Å². The van der Waals surface area contributed by atoms with Gasteiger partial charge in [0.25, 0.3) is 11.8 Å². The van der Waals surface area contributed by atoms with Gasteiger partial charge < -0.3 is 21.7 Å². The highest BCUT2D eigenvalue weighted by Gasteiger charge is 2.20. The fraction of sp³-hybridized carbons (Fsp3) is 0.0909. The lowest BCUT2D eigenvalue weighted by Crippen LogP contribution is -2.30. The topological polar surface area (TPSA) is 130 Å². The first-order valence-corrected chi connectivity index (χ1v) is 14.7. The quantitative estimate of drug-likeness (QED) is 0.111. The number of carbonyl (C=O) groups excluding carboxylic acids is 4. The predicted octanol–water partition coefficient (Wildman–Crippen LogP) is 6.50. The van der Waals surface area contributed by atoms with E-state index in [-0.39, 0.29) is 22.2 Å². The van der Waals surface area contributed by atoms with E-state index in [2.05, 4.69) is 16.0 Å². The normalized spacial score (nSPS) is 11.8. The average molecular weight is 631 g/mol. The number of thioether (sulfide) groups is 1. The van der Waals surface area contributed by atoms with Crippen LogP contribution in [0.2, 0.25) is 5.02 Å². The predicted molar refractivity (Wildman–Crippen MR) is 172 cm³/mol. The highest BCUT2D eigenvalue weighted by molar-refractivity contribution is 8.00. The number of benzene rings is 4. The van der Waals surface area contributed by atoms with Gasteiger partial charge in [0.2, 0.25) is 11.8 Å². The number of carbonyl (C=O) groups is 4. The Morgan fingerprint density at radius 3 is 2.23 bits per heavy atom. The first-order valence-electron chi connectivity index (χ1n) is 13.5. The summed E-state index contributed by atoms with van der Waals surface area (Å²) in [5, 5.41) is 7.72. The van der Waals surface area contributed by atoms with Crippen LogP contribution in [0.15, 0.2) is 108 Å². The zero-order valence-electron chi connectivity index (χ0n) is 23.5. The van der Waals surface area contributed by atoms with E-state index in [4.69, 9.17) is 17.3 Å². The van der Waals surface area contributed by atoms with Crippen LogP contribution in [0.5, 0.6) is 0 Å². The number of amides is 4. The van der Waals surface area contributed by atoms with E-state index in [1.807, 2.05) is 6.92 Å². The van der Waals surface area contributed by atoms with Crippen molar-refractivity contribution < 1.29 is 23.6 Å². The van der Waals surface area contributed by atoms with Gasteiger partial charge in [0, 0.05) is 33.0 Å². The number of halogens is 2. The van der Waals surface area contributed by atoms with Crippen LogP contribution in [-0.4, -0.2) is 28.9 Å². The summed E-state index contributed by atoms with van der Waals surface area (Å²) in [6.45, 7) is 1.87. The van der Waals surface area contributed by atoms with Gasteiger partial charge in [-0.15, -0.1) is 11.8 Å². The van der Waals surface area contributed by atoms with Crippen LogP contribution in [0, 0.1) is 5.82 Å².